The maximum absolute atomic E-state index is 12.9. The summed E-state index contributed by atoms with van der Waals surface area (Å²) in [5.74, 6) is -0.428. The van der Waals surface area contributed by atoms with E-state index in [0.717, 1.165) is 30.0 Å². The number of aromatic nitrogens is 1. The van der Waals surface area contributed by atoms with Gasteiger partial charge >= 0.3 is 0 Å². The van der Waals surface area contributed by atoms with Gasteiger partial charge in [-0.05, 0) is 41.3 Å². The fourth-order valence-corrected chi connectivity index (χ4v) is 5.56. The van der Waals surface area contributed by atoms with Crippen LogP contribution in [0.4, 0.5) is 0 Å². The van der Waals surface area contributed by atoms with Crippen molar-refractivity contribution in [1.29, 1.82) is 0 Å². The summed E-state index contributed by atoms with van der Waals surface area (Å²) in [4.78, 5) is 12.8. The third kappa shape index (κ3) is 4.51. The van der Waals surface area contributed by atoms with Gasteiger partial charge in [0.1, 0.15) is 10.6 Å². The number of nitrogens with one attached hydrogen (secondary N) is 1. The molecule has 1 fully saturated rings. The number of aliphatic hydroxyl groups excluding tert-OH is 1. The highest BCUT2D eigenvalue weighted by Crippen LogP contribution is 2.23. The van der Waals surface area contributed by atoms with E-state index in [0.29, 0.717) is 18.7 Å². The molecule has 3 aromatic rings. The number of fused-ring (bicyclic) bond motifs is 1. The number of hydrogen-bond donors (Lipinski definition) is 2. The van der Waals surface area contributed by atoms with Crippen LogP contribution in [0.25, 0.3) is 10.8 Å². The highest BCUT2D eigenvalue weighted by Gasteiger charge is 2.28. The summed E-state index contributed by atoms with van der Waals surface area (Å²) >= 11 is 0. The molecule has 2 aromatic carbocycles. The van der Waals surface area contributed by atoms with Gasteiger partial charge in [0.25, 0.3) is 5.91 Å². The number of hydrogen-bond acceptors (Lipinski definition) is 4. The van der Waals surface area contributed by atoms with Crippen LogP contribution in [0.5, 0.6) is 0 Å². The van der Waals surface area contributed by atoms with Crippen LogP contribution in [0.1, 0.15) is 41.4 Å². The molecule has 0 saturated carbocycles. The minimum atomic E-state index is -3.61. The number of sulfonamides is 1. The minimum absolute atomic E-state index is 0.0244. The zero-order valence-electron chi connectivity index (χ0n) is 17.5. The van der Waals surface area contributed by atoms with Crippen LogP contribution < -0.4 is 5.32 Å². The molecule has 0 radical (unpaired) electrons. The van der Waals surface area contributed by atoms with Crippen molar-refractivity contribution in [2.24, 2.45) is 7.05 Å². The molecule has 0 aliphatic carbocycles. The summed E-state index contributed by atoms with van der Waals surface area (Å²) < 4.78 is 28.7. The predicted molar refractivity (Wildman–Crippen MR) is 119 cm³/mol. The highest BCUT2D eigenvalue weighted by atomic mass is 32.2. The largest absolute Gasteiger partial charge is 0.387 e. The number of amides is 1. The zero-order valence-corrected chi connectivity index (χ0v) is 18.3. The molecule has 1 atom stereocenters. The van der Waals surface area contributed by atoms with Gasteiger partial charge in [0.05, 0.1) is 6.10 Å². The molecule has 1 aromatic heterocycles. The molecule has 2 N–H and O–H groups in total. The van der Waals surface area contributed by atoms with Crippen LogP contribution in [0.3, 0.4) is 0 Å². The number of aryl methyl sites for hydroxylation is 1. The van der Waals surface area contributed by atoms with Crippen molar-refractivity contribution in [3.05, 3.63) is 66.0 Å². The monoisotopic (exact) mass is 441 g/mol. The van der Waals surface area contributed by atoms with Crippen molar-refractivity contribution in [1.82, 2.24) is 14.2 Å². The Balaban J connectivity index is 1.44. The molecule has 1 aliphatic rings. The van der Waals surface area contributed by atoms with E-state index < -0.39 is 22.0 Å². The highest BCUT2D eigenvalue weighted by molar-refractivity contribution is 7.89. The van der Waals surface area contributed by atoms with Crippen molar-refractivity contribution in [2.75, 3.05) is 19.6 Å². The molecule has 31 heavy (non-hydrogen) atoms. The summed E-state index contributed by atoms with van der Waals surface area (Å²) in [7, 11) is -1.97. The molecular formula is C23H27N3O4S. The van der Waals surface area contributed by atoms with Gasteiger partial charge in [-0.15, -0.1) is 0 Å². The van der Waals surface area contributed by atoms with E-state index in [2.05, 4.69) is 5.32 Å². The van der Waals surface area contributed by atoms with Crippen LogP contribution >= 0.6 is 0 Å². The van der Waals surface area contributed by atoms with Crippen molar-refractivity contribution in [3.63, 3.8) is 0 Å². The molecular weight excluding hydrogens is 414 g/mol. The third-order valence-electron chi connectivity index (χ3n) is 5.78. The van der Waals surface area contributed by atoms with E-state index in [-0.39, 0.29) is 17.1 Å². The van der Waals surface area contributed by atoms with Gasteiger partial charge < -0.3 is 15.0 Å². The molecule has 1 saturated heterocycles. The topological polar surface area (TPSA) is 91.6 Å². The molecule has 164 valence electrons. The fourth-order valence-electron chi connectivity index (χ4n) is 3.97. The number of carbonyl (C=O) groups is 1. The predicted octanol–water partition coefficient (Wildman–Crippen LogP) is 2.82. The summed E-state index contributed by atoms with van der Waals surface area (Å²) in [5, 5.41) is 15.3. The summed E-state index contributed by atoms with van der Waals surface area (Å²) in [6, 6.07) is 14.9. The van der Waals surface area contributed by atoms with E-state index in [1.54, 1.807) is 7.05 Å². The number of piperidine rings is 1. The van der Waals surface area contributed by atoms with Crippen LogP contribution in [0.2, 0.25) is 0 Å². The maximum Gasteiger partial charge on any atom is 0.268 e. The fraction of sp³-hybridized carbons (Fsp3) is 0.348. The smallest absolute Gasteiger partial charge is 0.268 e. The Morgan fingerprint density at radius 3 is 2.52 bits per heavy atom. The average Bonchev–Trinajstić information content (AvgIpc) is 3.20. The zero-order chi connectivity index (χ0) is 22.0. The Bertz CT molecular complexity index is 1200. The lowest BCUT2D eigenvalue weighted by Gasteiger charge is -2.25. The molecule has 2 heterocycles. The number of aliphatic hydroxyl groups is 1. The summed E-state index contributed by atoms with van der Waals surface area (Å²) in [6.45, 7) is 1.05. The maximum atomic E-state index is 12.9. The van der Waals surface area contributed by atoms with E-state index in [1.165, 1.54) is 21.1 Å². The average molecular weight is 442 g/mol. The number of rotatable bonds is 6. The molecule has 0 bridgehead atoms. The molecule has 8 heteroatoms. The van der Waals surface area contributed by atoms with E-state index >= 15 is 0 Å². The van der Waals surface area contributed by atoms with Gasteiger partial charge in [-0.1, -0.05) is 42.8 Å². The molecule has 7 nitrogen and oxygen atoms in total. The van der Waals surface area contributed by atoms with Gasteiger partial charge in [-0.2, -0.15) is 4.31 Å². The summed E-state index contributed by atoms with van der Waals surface area (Å²) in [5.41, 5.74) is 0.945. The lowest BCUT2D eigenvalue weighted by Crippen LogP contribution is -2.35. The first-order valence-corrected chi connectivity index (χ1v) is 11.9. The second-order valence-electron chi connectivity index (χ2n) is 7.97. The molecule has 4 rings (SSSR count). The van der Waals surface area contributed by atoms with Gasteiger partial charge in [-0.3, -0.25) is 4.79 Å². The number of carbonyl (C=O) groups excluding carboxylic acids is 1. The van der Waals surface area contributed by atoms with Gasteiger partial charge in [0, 0.05) is 32.9 Å². The van der Waals surface area contributed by atoms with E-state index in [4.69, 9.17) is 0 Å². The van der Waals surface area contributed by atoms with Gasteiger partial charge in [0.2, 0.25) is 10.0 Å². The third-order valence-corrected chi connectivity index (χ3v) is 7.64. The summed E-state index contributed by atoms with van der Waals surface area (Å²) in [6.07, 6.45) is 3.34. The Morgan fingerprint density at radius 1 is 1.06 bits per heavy atom. The SMILES string of the molecule is Cn1cc(S(=O)(=O)N2CCCCC2)cc1C(=O)NCC(O)c1ccc2ccccc2c1. The van der Waals surface area contributed by atoms with Crippen LogP contribution in [0.15, 0.2) is 59.6 Å². The van der Waals surface area contributed by atoms with E-state index in [1.807, 2.05) is 42.5 Å². The lowest BCUT2D eigenvalue weighted by atomic mass is 10.0. The quantitative estimate of drug-likeness (QED) is 0.615. The molecule has 1 unspecified atom stereocenters. The Kier molecular flexibility index (Phi) is 6.13. The van der Waals surface area contributed by atoms with Crippen molar-refractivity contribution >= 4 is 26.7 Å². The molecule has 0 spiro atoms. The number of nitrogens with zero attached hydrogens (tertiary/aromatic N) is 2. The molecule has 1 amide bonds. The Labute approximate surface area is 182 Å². The first-order chi connectivity index (χ1) is 14.9. The number of benzene rings is 2. The van der Waals surface area contributed by atoms with Crippen LogP contribution in [-0.2, 0) is 17.1 Å². The second-order valence-corrected chi connectivity index (χ2v) is 9.91. The molecule has 1 aliphatic heterocycles. The first kappa shape index (κ1) is 21.5. The van der Waals surface area contributed by atoms with Gasteiger partial charge in [-0.25, -0.2) is 8.42 Å². The minimum Gasteiger partial charge on any atom is -0.387 e. The Morgan fingerprint density at radius 2 is 1.77 bits per heavy atom. The van der Waals surface area contributed by atoms with Crippen molar-refractivity contribution < 1.29 is 18.3 Å². The van der Waals surface area contributed by atoms with E-state index in [9.17, 15) is 18.3 Å². The van der Waals surface area contributed by atoms with Crippen molar-refractivity contribution in [2.45, 2.75) is 30.3 Å². The first-order valence-electron chi connectivity index (χ1n) is 10.5. The van der Waals surface area contributed by atoms with Crippen LogP contribution in [-0.4, -0.2) is 47.9 Å². The van der Waals surface area contributed by atoms with Crippen molar-refractivity contribution in [3.8, 4) is 0 Å². The lowest BCUT2D eigenvalue weighted by molar-refractivity contribution is 0.0908. The van der Waals surface area contributed by atoms with Gasteiger partial charge in [0.15, 0.2) is 0 Å². The standard InChI is InChI=1S/C23H27N3O4S/c1-25-16-20(31(29,30)26-11-5-2-6-12-26)14-21(25)23(28)24-15-22(27)19-10-9-17-7-3-4-8-18(17)13-19/h3-4,7-10,13-14,16,22,27H,2,5-6,11-12,15H2,1H3,(H,24,28). The normalized spacial score (nSPS) is 16.3. The second kappa shape index (κ2) is 8.82. The Hall–Kier alpha value is -2.68. The van der Waals surface area contributed by atoms with Crippen LogP contribution in [0, 0.1) is 0 Å².